The van der Waals surface area contributed by atoms with Gasteiger partial charge in [0.15, 0.2) is 11.5 Å². The monoisotopic (exact) mass is 302 g/mol. The van der Waals surface area contributed by atoms with Gasteiger partial charge in [-0.1, -0.05) is 6.07 Å². The van der Waals surface area contributed by atoms with Crippen LogP contribution in [0.25, 0.3) is 0 Å². The summed E-state index contributed by atoms with van der Waals surface area (Å²) in [7, 11) is 4.71. The number of benzene rings is 1. The molecule has 2 rings (SSSR count). The maximum absolute atomic E-state index is 12.2. The largest absolute Gasteiger partial charge is 0.493 e. The molecule has 0 aliphatic rings. The molecule has 1 heterocycles. The summed E-state index contributed by atoms with van der Waals surface area (Å²) in [6.07, 6.45) is 1.67. The molecule has 6 nitrogen and oxygen atoms in total. The Morgan fingerprint density at radius 2 is 1.91 bits per heavy atom. The molecule has 0 unspecified atom stereocenters. The smallest absolute Gasteiger partial charge is 0.255 e. The SMILES string of the molecule is COc1ccc(C(=O)NCc2cccn(C)c2=O)cc1OC. The lowest BCUT2D eigenvalue weighted by Gasteiger charge is -2.10. The molecule has 0 fully saturated rings. The first kappa shape index (κ1) is 15.6. The average molecular weight is 302 g/mol. The summed E-state index contributed by atoms with van der Waals surface area (Å²) in [5.74, 6) is 0.744. The fourth-order valence-corrected chi connectivity index (χ4v) is 2.04. The van der Waals surface area contributed by atoms with E-state index in [0.717, 1.165) is 0 Å². The van der Waals surface area contributed by atoms with E-state index in [4.69, 9.17) is 9.47 Å². The fraction of sp³-hybridized carbons (Fsp3) is 0.250. The highest BCUT2D eigenvalue weighted by Gasteiger charge is 2.11. The third-order valence-electron chi connectivity index (χ3n) is 3.29. The van der Waals surface area contributed by atoms with Gasteiger partial charge in [0.05, 0.1) is 14.2 Å². The number of aromatic nitrogens is 1. The average Bonchev–Trinajstić information content (AvgIpc) is 2.55. The molecule has 22 heavy (non-hydrogen) atoms. The molecule has 0 aliphatic carbocycles. The van der Waals surface area contributed by atoms with Crippen molar-refractivity contribution in [3.8, 4) is 11.5 Å². The minimum Gasteiger partial charge on any atom is -0.493 e. The molecule has 2 aromatic rings. The number of nitrogens with zero attached hydrogens (tertiary/aromatic N) is 1. The van der Waals surface area contributed by atoms with E-state index in [0.29, 0.717) is 22.6 Å². The maximum atomic E-state index is 12.2. The van der Waals surface area contributed by atoms with Crippen molar-refractivity contribution in [3.05, 3.63) is 58.0 Å². The predicted octanol–water partition coefficient (Wildman–Crippen LogP) is 1.33. The van der Waals surface area contributed by atoms with Crippen molar-refractivity contribution in [2.24, 2.45) is 7.05 Å². The Labute approximate surface area is 128 Å². The zero-order valence-corrected chi connectivity index (χ0v) is 12.8. The third kappa shape index (κ3) is 3.28. The second kappa shape index (κ2) is 6.80. The van der Waals surface area contributed by atoms with Gasteiger partial charge >= 0.3 is 0 Å². The number of amides is 1. The summed E-state index contributed by atoms with van der Waals surface area (Å²) in [6, 6.07) is 8.35. The Morgan fingerprint density at radius 3 is 2.59 bits per heavy atom. The lowest BCUT2D eigenvalue weighted by Crippen LogP contribution is -2.28. The highest BCUT2D eigenvalue weighted by Crippen LogP contribution is 2.27. The van der Waals surface area contributed by atoms with Crippen LogP contribution in [0, 0.1) is 0 Å². The van der Waals surface area contributed by atoms with Crippen LogP contribution in [0.1, 0.15) is 15.9 Å². The van der Waals surface area contributed by atoms with Crippen LogP contribution in [-0.2, 0) is 13.6 Å². The predicted molar refractivity (Wildman–Crippen MR) is 82.4 cm³/mol. The van der Waals surface area contributed by atoms with Crippen LogP contribution in [0.15, 0.2) is 41.3 Å². The van der Waals surface area contributed by atoms with Crippen LogP contribution in [0.4, 0.5) is 0 Å². The Bertz CT molecular complexity index is 737. The Kier molecular flexibility index (Phi) is 4.83. The molecule has 0 saturated carbocycles. The number of rotatable bonds is 5. The molecule has 0 radical (unpaired) electrons. The summed E-state index contributed by atoms with van der Waals surface area (Å²) in [5.41, 5.74) is 0.833. The maximum Gasteiger partial charge on any atom is 0.255 e. The first-order chi connectivity index (χ1) is 10.6. The molecule has 1 aromatic heterocycles. The molecule has 0 bridgehead atoms. The van der Waals surface area contributed by atoms with Gasteiger partial charge in [-0.15, -0.1) is 0 Å². The molecule has 116 valence electrons. The van der Waals surface area contributed by atoms with Gasteiger partial charge in [0.2, 0.25) is 0 Å². The quantitative estimate of drug-likeness (QED) is 0.904. The van der Waals surface area contributed by atoms with Gasteiger partial charge in [-0.3, -0.25) is 9.59 Å². The van der Waals surface area contributed by atoms with Gasteiger partial charge in [-0.25, -0.2) is 0 Å². The van der Waals surface area contributed by atoms with E-state index in [-0.39, 0.29) is 18.0 Å². The first-order valence-corrected chi connectivity index (χ1v) is 6.71. The van der Waals surface area contributed by atoms with E-state index in [2.05, 4.69) is 5.32 Å². The Hall–Kier alpha value is -2.76. The van der Waals surface area contributed by atoms with Crippen LogP contribution in [0.3, 0.4) is 0 Å². The summed E-state index contributed by atoms with van der Waals surface area (Å²) in [4.78, 5) is 24.0. The zero-order valence-electron chi connectivity index (χ0n) is 12.8. The van der Waals surface area contributed by atoms with E-state index in [1.165, 1.54) is 18.8 Å². The van der Waals surface area contributed by atoms with Crippen LogP contribution in [0.5, 0.6) is 11.5 Å². The summed E-state index contributed by atoms with van der Waals surface area (Å²) < 4.78 is 11.8. The van der Waals surface area contributed by atoms with Gasteiger partial charge in [0.1, 0.15) is 0 Å². The van der Waals surface area contributed by atoms with Gasteiger partial charge < -0.3 is 19.4 Å². The van der Waals surface area contributed by atoms with Crippen molar-refractivity contribution >= 4 is 5.91 Å². The van der Waals surface area contributed by atoms with E-state index >= 15 is 0 Å². The lowest BCUT2D eigenvalue weighted by molar-refractivity contribution is 0.0950. The number of nitrogens with one attached hydrogen (secondary N) is 1. The van der Waals surface area contributed by atoms with Crippen LogP contribution in [0.2, 0.25) is 0 Å². The van der Waals surface area contributed by atoms with Crippen molar-refractivity contribution in [1.29, 1.82) is 0 Å². The van der Waals surface area contributed by atoms with Gasteiger partial charge in [-0.2, -0.15) is 0 Å². The molecule has 0 aliphatic heterocycles. The summed E-state index contributed by atoms with van der Waals surface area (Å²) in [6.45, 7) is 0.167. The minimum atomic E-state index is -0.285. The van der Waals surface area contributed by atoms with Crippen molar-refractivity contribution in [2.45, 2.75) is 6.54 Å². The number of carbonyl (C=O) groups excluding carboxylic acids is 1. The number of aryl methyl sites for hydroxylation is 1. The zero-order chi connectivity index (χ0) is 16.1. The summed E-state index contributed by atoms with van der Waals surface area (Å²) >= 11 is 0. The van der Waals surface area contributed by atoms with E-state index in [9.17, 15) is 9.59 Å². The van der Waals surface area contributed by atoms with E-state index < -0.39 is 0 Å². The molecule has 1 amide bonds. The molecule has 1 N–H and O–H groups in total. The van der Waals surface area contributed by atoms with Gasteiger partial charge in [0.25, 0.3) is 11.5 Å². The van der Waals surface area contributed by atoms with Crippen molar-refractivity contribution < 1.29 is 14.3 Å². The topological polar surface area (TPSA) is 69.6 Å². The van der Waals surface area contributed by atoms with Gasteiger partial charge in [-0.05, 0) is 24.3 Å². The molecule has 0 saturated heterocycles. The summed E-state index contributed by atoms with van der Waals surface area (Å²) in [5, 5.41) is 2.72. The van der Waals surface area contributed by atoms with Crippen LogP contribution < -0.4 is 20.3 Å². The second-order valence-corrected chi connectivity index (χ2v) is 4.70. The normalized spacial score (nSPS) is 10.1. The Balaban J connectivity index is 2.12. The van der Waals surface area contributed by atoms with Crippen molar-refractivity contribution in [3.63, 3.8) is 0 Å². The molecule has 1 aromatic carbocycles. The first-order valence-electron chi connectivity index (χ1n) is 6.71. The molecule has 0 atom stereocenters. The lowest BCUT2D eigenvalue weighted by atomic mass is 10.2. The standard InChI is InChI=1S/C16H18N2O4/c1-18-8-4-5-12(16(18)20)10-17-15(19)11-6-7-13(21-2)14(9-11)22-3/h4-9H,10H2,1-3H3,(H,17,19). The second-order valence-electron chi connectivity index (χ2n) is 4.70. The third-order valence-corrected chi connectivity index (χ3v) is 3.29. The van der Waals surface area contributed by atoms with Gasteiger partial charge in [0, 0.05) is 30.9 Å². The number of pyridine rings is 1. The highest BCUT2D eigenvalue weighted by atomic mass is 16.5. The van der Waals surface area contributed by atoms with Crippen molar-refractivity contribution in [1.82, 2.24) is 9.88 Å². The molecule has 6 heteroatoms. The molecular formula is C16H18N2O4. The Morgan fingerprint density at radius 1 is 1.18 bits per heavy atom. The number of methoxy groups -OCH3 is 2. The number of carbonyl (C=O) groups is 1. The molecular weight excluding hydrogens is 284 g/mol. The number of hydrogen-bond donors (Lipinski definition) is 1. The van der Waals surface area contributed by atoms with Crippen molar-refractivity contribution in [2.75, 3.05) is 14.2 Å². The fourth-order valence-electron chi connectivity index (χ4n) is 2.04. The number of hydrogen-bond acceptors (Lipinski definition) is 4. The molecule has 0 spiro atoms. The number of ether oxygens (including phenoxy) is 2. The highest BCUT2D eigenvalue weighted by molar-refractivity contribution is 5.94. The minimum absolute atomic E-state index is 0.130. The van der Waals surface area contributed by atoms with E-state index in [1.807, 2.05) is 0 Å². The van der Waals surface area contributed by atoms with Crippen LogP contribution >= 0.6 is 0 Å². The van der Waals surface area contributed by atoms with E-state index in [1.54, 1.807) is 43.6 Å². The van der Waals surface area contributed by atoms with Crippen LogP contribution in [-0.4, -0.2) is 24.7 Å².